The predicted molar refractivity (Wildman–Crippen MR) is 82.7 cm³/mol. The molecule has 1 aromatic carbocycles. The molecule has 19 heavy (non-hydrogen) atoms. The standard InChI is InChI=1S/C17H28N2/c1-12-7-8-15(14(3)13(12)2)16(19-5)17(11-18-4)9-6-10-17/h7-8,16,18-19H,6,9-11H2,1-5H3. The molecule has 0 radical (unpaired) electrons. The molecular formula is C17H28N2. The Hall–Kier alpha value is -0.860. The van der Waals surface area contributed by atoms with E-state index in [0.29, 0.717) is 11.5 Å². The zero-order chi connectivity index (χ0) is 14.0. The SMILES string of the molecule is CNCC1(C(NC)c2ccc(C)c(C)c2C)CCC1. The van der Waals surface area contributed by atoms with E-state index in [1.807, 2.05) is 0 Å². The molecule has 0 heterocycles. The molecule has 0 saturated heterocycles. The van der Waals surface area contributed by atoms with Crippen LogP contribution >= 0.6 is 0 Å². The van der Waals surface area contributed by atoms with Gasteiger partial charge >= 0.3 is 0 Å². The van der Waals surface area contributed by atoms with Crippen LogP contribution in [0.4, 0.5) is 0 Å². The highest BCUT2D eigenvalue weighted by atomic mass is 14.9. The third-order valence-electron chi connectivity index (χ3n) is 5.19. The lowest BCUT2D eigenvalue weighted by atomic mass is 9.61. The van der Waals surface area contributed by atoms with Crippen LogP contribution in [0.15, 0.2) is 12.1 Å². The molecule has 0 amide bonds. The Labute approximate surface area is 118 Å². The molecule has 1 fully saturated rings. The van der Waals surface area contributed by atoms with Crippen molar-refractivity contribution in [2.45, 2.75) is 46.1 Å². The van der Waals surface area contributed by atoms with Crippen molar-refractivity contribution in [3.63, 3.8) is 0 Å². The van der Waals surface area contributed by atoms with E-state index < -0.39 is 0 Å². The fourth-order valence-electron chi connectivity index (χ4n) is 3.63. The van der Waals surface area contributed by atoms with Gasteiger partial charge in [-0.05, 0) is 70.0 Å². The third-order valence-corrected chi connectivity index (χ3v) is 5.19. The lowest BCUT2D eigenvalue weighted by Crippen LogP contribution is -2.48. The zero-order valence-corrected chi connectivity index (χ0v) is 13.1. The zero-order valence-electron chi connectivity index (χ0n) is 13.1. The lowest BCUT2D eigenvalue weighted by Gasteiger charge is -2.48. The Kier molecular flexibility index (Phi) is 4.32. The van der Waals surface area contributed by atoms with Crippen molar-refractivity contribution in [2.24, 2.45) is 5.41 Å². The summed E-state index contributed by atoms with van der Waals surface area (Å²) in [5, 5.41) is 6.99. The van der Waals surface area contributed by atoms with E-state index in [1.165, 1.54) is 41.5 Å². The molecule has 2 nitrogen and oxygen atoms in total. The molecule has 0 aromatic heterocycles. The van der Waals surface area contributed by atoms with Crippen LogP contribution in [0.3, 0.4) is 0 Å². The van der Waals surface area contributed by atoms with Gasteiger partial charge in [0, 0.05) is 18.0 Å². The van der Waals surface area contributed by atoms with E-state index in [1.54, 1.807) is 0 Å². The van der Waals surface area contributed by atoms with Crippen molar-refractivity contribution in [1.29, 1.82) is 0 Å². The summed E-state index contributed by atoms with van der Waals surface area (Å²) in [6.07, 6.45) is 4.02. The second-order valence-electron chi connectivity index (χ2n) is 6.19. The van der Waals surface area contributed by atoms with Gasteiger partial charge in [-0.1, -0.05) is 18.6 Å². The first-order chi connectivity index (χ1) is 9.05. The van der Waals surface area contributed by atoms with Gasteiger partial charge in [0.2, 0.25) is 0 Å². The maximum atomic E-state index is 3.59. The quantitative estimate of drug-likeness (QED) is 0.849. The number of aryl methyl sites for hydroxylation is 1. The van der Waals surface area contributed by atoms with Gasteiger partial charge in [-0.25, -0.2) is 0 Å². The Morgan fingerprint density at radius 3 is 2.26 bits per heavy atom. The summed E-state index contributed by atoms with van der Waals surface area (Å²) in [6.45, 7) is 7.82. The Morgan fingerprint density at radius 1 is 1.11 bits per heavy atom. The molecule has 0 bridgehead atoms. The monoisotopic (exact) mass is 260 g/mol. The number of benzene rings is 1. The summed E-state index contributed by atoms with van der Waals surface area (Å²) >= 11 is 0. The van der Waals surface area contributed by atoms with E-state index in [2.05, 4.69) is 57.6 Å². The van der Waals surface area contributed by atoms with Crippen molar-refractivity contribution >= 4 is 0 Å². The van der Waals surface area contributed by atoms with Crippen LogP contribution in [0, 0.1) is 26.2 Å². The highest BCUT2D eigenvalue weighted by Gasteiger charge is 2.44. The topological polar surface area (TPSA) is 24.1 Å². The van der Waals surface area contributed by atoms with Gasteiger partial charge in [-0.2, -0.15) is 0 Å². The van der Waals surface area contributed by atoms with Gasteiger partial charge in [0.1, 0.15) is 0 Å². The van der Waals surface area contributed by atoms with E-state index in [0.717, 1.165) is 6.54 Å². The molecule has 2 N–H and O–H groups in total. The normalized spacial score (nSPS) is 19.0. The smallest absolute Gasteiger partial charge is 0.0389 e. The number of hydrogen-bond donors (Lipinski definition) is 2. The molecule has 1 atom stereocenters. The van der Waals surface area contributed by atoms with Gasteiger partial charge in [0.05, 0.1) is 0 Å². The molecule has 2 heteroatoms. The number of rotatable bonds is 5. The van der Waals surface area contributed by atoms with Gasteiger partial charge in [0.25, 0.3) is 0 Å². The maximum absolute atomic E-state index is 3.59. The van der Waals surface area contributed by atoms with Crippen molar-refractivity contribution in [2.75, 3.05) is 20.6 Å². The second-order valence-corrected chi connectivity index (χ2v) is 6.19. The van der Waals surface area contributed by atoms with Crippen molar-refractivity contribution in [3.05, 3.63) is 34.4 Å². The molecule has 106 valence electrons. The molecule has 0 aliphatic heterocycles. The van der Waals surface area contributed by atoms with Crippen LogP contribution < -0.4 is 10.6 Å². The third kappa shape index (κ3) is 2.44. The molecule has 1 saturated carbocycles. The maximum Gasteiger partial charge on any atom is 0.0389 e. The van der Waals surface area contributed by atoms with Gasteiger partial charge in [-0.3, -0.25) is 0 Å². The first-order valence-electron chi connectivity index (χ1n) is 7.44. The molecule has 1 aliphatic carbocycles. The van der Waals surface area contributed by atoms with Gasteiger partial charge < -0.3 is 10.6 Å². The molecule has 0 spiro atoms. The molecule has 2 rings (SSSR count). The average molecular weight is 260 g/mol. The summed E-state index contributed by atoms with van der Waals surface area (Å²) in [5.74, 6) is 0. The fourth-order valence-corrected chi connectivity index (χ4v) is 3.63. The Balaban J connectivity index is 2.39. The van der Waals surface area contributed by atoms with Gasteiger partial charge in [-0.15, -0.1) is 0 Å². The summed E-state index contributed by atoms with van der Waals surface area (Å²) in [4.78, 5) is 0. The minimum Gasteiger partial charge on any atom is -0.319 e. The number of nitrogens with one attached hydrogen (secondary N) is 2. The molecule has 1 aliphatic rings. The largest absolute Gasteiger partial charge is 0.319 e. The van der Waals surface area contributed by atoms with Crippen LogP contribution in [-0.2, 0) is 0 Å². The van der Waals surface area contributed by atoms with E-state index in [-0.39, 0.29) is 0 Å². The first kappa shape index (κ1) is 14.5. The fraction of sp³-hybridized carbons (Fsp3) is 0.647. The molecular weight excluding hydrogens is 232 g/mol. The summed E-state index contributed by atoms with van der Waals surface area (Å²) in [7, 11) is 4.18. The van der Waals surface area contributed by atoms with E-state index in [9.17, 15) is 0 Å². The Morgan fingerprint density at radius 2 is 1.79 bits per heavy atom. The molecule has 1 aromatic rings. The van der Waals surface area contributed by atoms with Crippen molar-refractivity contribution in [3.8, 4) is 0 Å². The molecule has 1 unspecified atom stereocenters. The minimum absolute atomic E-state index is 0.399. The van der Waals surface area contributed by atoms with Crippen LogP contribution in [-0.4, -0.2) is 20.6 Å². The van der Waals surface area contributed by atoms with Gasteiger partial charge in [0.15, 0.2) is 0 Å². The first-order valence-corrected chi connectivity index (χ1v) is 7.44. The Bertz CT molecular complexity index is 447. The summed E-state index contributed by atoms with van der Waals surface area (Å²) in [5.41, 5.74) is 6.18. The highest BCUT2D eigenvalue weighted by Crippen LogP contribution is 2.50. The van der Waals surface area contributed by atoms with Crippen molar-refractivity contribution in [1.82, 2.24) is 10.6 Å². The average Bonchev–Trinajstić information content (AvgIpc) is 2.36. The van der Waals surface area contributed by atoms with Crippen LogP contribution in [0.1, 0.15) is 47.6 Å². The van der Waals surface area contributed by atoms with Crippen LogP contribution in [0.2, 0.25) is 0 Å². The lowest BCUT2D eigenvalue weighted by molar-refractivity contribution is 0.0785. The highest BCUT2D eigenvalue weighted by molar-refractivity contribution is 5.41. The van der Waals surface area contributed by atoms with E-state index in [4.69, 9.17) is 0 Å². The summed E-state index contributed by atoms with van der Waals surface area (Å²) < 4.78 is 0. The second kappa shape index (κ2) is 5.64. The number of hydrogen-bond acceptors (Lipinski definition) is 2. The minimum atomic E-state index is 0.399. The van der Waals surface area contributed by atoms with Crippen LogP contribution in [0.5, 0.6) is 0 Å². The summed E-state index contributed by atoms with van der Waals surface area (Å²) in [6, 6.07) is 5.07. The van der Waals surface area contributed by atoms with E-state index >= 15 is 0 Å². The predicted octanol–water partition coefficient (Wildman–Crippen LogP) is 3.26. The van der Waals surface area contributed by atoms with Crippen molar-refractivity contribution < 1.29 is 0 Å². The van der Waals surface area contributed by atoms with Crippen LogP contribution in [0.25, 0.3) is 0 Å².